The maximum Gasteiger partial charge on any atom is 0.319 e. The van der Waals surface area contributed by atoms with E-state index in [1.807, 2.05) is 0 Å². The molecule has 1 heterocycles. The number of carboxylic acids is 1. The molecular formula is C16H15BrF2N4O5S. The van der Waals surface area contributed by atoms with Crippen molar-refractivity contribution < 1.29 is 33.0 Å². The topological polar surface area (TPSA) is 144 Å². The van der Waals surface area contributed by atoms with Gasteiger partial charge in [0.2, 0.25) is 5.88 Å². The Morgan fingerprint density at radius 3 is 2.52 bits per heavy atom. The smallest absolute Gasteiger partial charge is 0.319 e. The predicted molar refractivity (Wildman–Crippen MR) is 103 cm³/mol. The van der Waals surface area contributed by atoms with E-state index in [4.69, 9.17) is 15.6 Å². The first-order valence-corrected chi connectivity index (χ1v) is 9.58. The molecule has 1 aromatic heterocycles. The van der Waals surface area contributed by atoms with Crippen molar-refractivity contribution in [2.45, 2.75) is 19.4 Å². The van der Waals surface area contributed by atoms with Crippen LogP contribution in [0.15, 0.2) is 16.6 Å². The number of nitrogens with one attached hydrogen (secondary N) is 2. The Labute approximate surface area is 175 Å². The summed E-state index contributed by atoms with van der Waals surface area (Å²) in [7, 11) is 0. The molecule has 0 bridgehead atoms. The molecule has 0 radical (unpaired) electrons. The third-order valence-corrected chi connectivity index (χ3v) is 4.65. The molecule has 29 heavy (non-hydrogen) atoms. The fraction of sp³-hybridized carbons (Fsp3) is 0.250. The average molecular weight is 493 g/mol. The lowest BCUT2D eigenvalue weighted by atomic mass is 10.2. The number of hydrogen-bond donors (Lipinski definition) is 4. The number of rotatable bonds is 9. The lowest BCUT2D eigenvalue weighted by Gasteiger charge is -2.09. The van der Waals surface area contributed by atoms with Gasteiger partial charge in [0.1, 0.15) is 28.8 Å². The summed E-state index contributed by atoms with van der Waals surface area (Å²) in [6, 6.07) is 1.40. The van der Waals surface area contributed by atoms with E-state index in [-0.39, 0.29) is 45.9 Å². The standard InChI is InChI=1S/C16H15BrF2N4O5S/c17-7-4-9(18)8(10(19)5-7)6-28-14-12(13(20)26)15(29-23-14)22-16(27)21-3-1-2-11(24)25/h4-5H,1-3,6H2,(H2,20,26)(H,24,25)(H2,21,22,27). The third-order valence-electron chi connectivity index (χ3n) is 3.45. The van der Waals surface area contributed by atoms with Gasteiger partial charge in [-0.05, 0) is 30.1 Å². The molecule has 3 amide bonds. The van der Waals surface area contributed by atoms with Gasteiger partial charge in [0.25, 0.3) is 5.91 Å². The van der Waals surface area contributed by atoms with E-state index < -0.39 is 36.1 Å². The fourth-order valence-corrected chi connectivity index (χ4v) is 3.25. The van der Waals surface area contributed by atoms with Gasteiger partial charge in [0.15, 0.2) is 0 Å². The molecule has 0 aliphatic rings. The molecule has 2 aromatic rings. The minimum Gasteiger partial charge on any atom is -0.481 e. The molecule has 2 rings (SSSR count). The number of primary amides is 1. The van der Waals surface area contributed by atoms with E-state index in [0.29, 0.717) is 11.5 Å². The zero-order valence-corrected chi connectivity index (χ0v) is 17.0. The minimum atomic E-state index is -0.994. The third kappa shape index (κ3) is 6.35. The summed E-state index contributed by atoms with van der Waals surface area (Å²) in [6.45, 7) is -0.468. The van der Waals surface area contributed by atoms with Crippen molar-refractivity contribution in [3.05, 3.63) is 39.4 Å². The molecule has 1 aromatic carbocycles. The highest BCUT2D eigenvalue weighted by atomic mass is 79.9. The van der Waals surface area contributed by atoms with Gasteiger partial charge >= 0.3 is 12.0 Å². The highest BCUT2D eigenvalue weighted by molar-refractivity contribution is 9.10. The number of amides is 3. The number of hydrogen-bond acceptors (Lipinski definition) is 6. The van der Waals surface area contributed by atoms with Gasteiger partial charge in [-0.25, -0.2) is 13.6 Å². The Balaban J connectivity index is 2.06. The molecule has 5 N–H and O–H groups in total. The summed E-state index contributed by atoms with van der Waals surface area (Å²) in [6.07, 6.45) is 0.0985. The number of anilines is 1. The maximum atomic E-state index is 13.9. The highest BCUT2D eigenvalue weighted by Crippen LogP contribution is 2.31. The van der Waals surface area contributed by atoms with Crippen LogP contribution in [0.4, 0.5) is 18.6 Å². The zero-order chi connectivity index (χ0) is 21.6. The second-order valence-electron chi connectivity index (χ2n) is 5.57. The van der Waals surface area contributed by atoms with Crippen LogP contribution in [0.25, 0.3) is 0 Å². The molecule has 0 atom stereocenters. The summed E-state index contributed by atoms with van der Waals surface area (Å²) in [5, 5.41) is 13.3. The number of halogens is 3. The maximum absolute atomic E-state index is 13.9. The van der Waals surface area contributed by atoms with Crippen LogP contribution in [0.5, 0.6) is 5.88 Å². The van der Waals surface area contributed by atoms with E-state index in [2.05, 4.69) is 30.9 Å². The van der Waals surface area contributed by atoms with Gasteiger partial charge in [-0.3, -0.25) is 14.9 Å². The summed E-state index contributed by atoms with van der Waals surface area (Å²) in [4.78, 5) is 34.0. The van der Waals surface area contributed by atoms with Crippen LogP contribution in [0.2, 0.25) is 0 Å². The van der Waals surface area contributed by atoms with Gasteiger partial charge in [-0.2, -0.15) is 4.37 Å². The van der Waals surface area contributed by atoms with Crippen molar-refractivity contribution >= 4 is 50.4 Å². The second kappa shape index (κ2) is 10.1. The molecule has 156 valence electrons. The lowest BCUT2D eigenvalue weighted by molar-refractivity contribution is -0.137. The molecule has 0 aliphatic carbocycles. The van der Waals surface area contributed by atoms with Crippen LogP contribution in [-0.2, 0) is 11.4 Å². The number of carbonyl (C=O) groups is 3. The van der Waals surface area contributed by atoms with Gasteiger partial charge in [0, 0.05) is 17.4 Å². The zero-order valence-electron chi connectivity index (χ0n) is 14.6. The number of nitrogens with zero attached hydrogens (tertiary/aromatic N) is 1. The van der Waals surface area contributed by atoms with Crippen LogP contribution in [-0.4, -0.2) is 33.9 Å². The molecule has 0 aliphatic heterocycles. The normalized spacial score (nSPS) is 10.4. The van der Waals surface area contributed by atoms with Crippen LogP contribution in [0.3, 0.4) is 0 Å². The molecule has 0 fully saturated rings. The van der Waals surface area contributed by atoms with Crippen molar-refractivity contribution in [3.8, 4) is 5.88 Å². The Morgan fingerprint density at radius 2 is 1.93 bits per heavy atom. The number of urea groups is 1. The predicted octanol–water partition coefficient (Wildman–Crippen LogP) is 2.85. The lowest BCUT2D eigenvalue weighted by Crippen LogP contribution is -2.30. The van der Waals surface area contributed by atoms with Crippen LogP contribution in [0, 0.1) is 11.6 Å². The molecule has 13 heteroatoms. The first-order chi connectivity index (χ1) is 13.7. The van der Waals surface area contributed by atoms with E-state index >= 15 is 0 Å². The van der Waals surface area contributed by atoms with Crippen molar-refractivity contribution in [2.75, 3.05) is 11.9 Å². The van der Waals surface area contributed by atoms with Crippen molar-refractivity contribution in [1.82, 2.24) is 9.69 Å². The molecule has 9 nitrogen and oxygen atoms in total. The number of aromatic nitrogens is 1. The van der Waals surface area contributed by atoms with E-state index in [1.54, 1.807) is 0 Å². The monoisotopic (exact) mass is 492 g/mol. The summed E-state index contributed by atoms with van der Waals surface area (Å²) < 4.78 is 37.1. The summed E-state index contributed by atoms with van der Waals surface area (Å²) >= 11 is 3.65. The van der Waals surface area contributed by atoms with Gasteiger partial charge in [-0.15, -0.1) is 0 Å². The highest BCUT2D eigenvalue weighted by Gasteiger charge is 2.23. The Kier molecular flexibility index (Phi) is 7.84. The van der Waals surface area contributed by atoms with Crippen molar-refractivity contribution in [1.29, 1.82) is 0 Å². The molecule has 0 saturated heterocycles. The van der Waals surface area contributed by atoms with Crippen molar-refractivity contribution in [2.24, 2.45) is 5.73 Å². The SMILES string of the molecule is NC(=O)c1c(OCc2c(F)cc(Br)cc2F)nsc1NC(=O)NCCCC(=O)O. The fourth-order valence-electron chi connectivity index (χ4n) is 2.12. The largest absolute Gasteiger partial charge is 0.481 e. The van der Waals surface area contributed by atoms with Crippen molar-refractivity contribution in [3.63, 3.8) is 0 Å². The molecule has 0 saturated carbocycles. The summed E-state index contributed by atoms with van der Waals surface area (Å²) in [5.41, 5.74) is 4.67. The molecule has 0 spiro atoms. The van der Waals surface area contributed by atoms with Gasteiger partial charge in [0.05, 0.1) is 5.56 Å². The Morgan fingerprint density at radius 1 is 1.28 bits per heavy atom. The van der Waals surface area contributed by atoms with Crippen LogP contribution < -0.4 is 21.1 Å². The minimum absolute atomic E-state index is 0.0278. The summed E-state index contributed by atoms with van der Waals surface area (Å²) in [5.74, 6) is -3.96. The molecular weight excluding hydrogens is 478 g/mol. The number of aliphatic carboxylic acids is 1. The van der Waals surface area contributed by atoms with Gasteiger partial charge < -0.3 is 20.9 Å². The number of benzene rings is 1. The number of nitrogens with two attached hydrogens (primary N) is 1. The second-order valence-corrected chi connectivity index (χ2v) is 7.26. The Hall–Kier alpha value is -2.80. The number of ether oxygens (including phenoxy) is 1. The van der Waals surface area contributed by atoms with E-state index in [0.717, 1.165) is 12.1 Å². The molecule has 0 unspecified atom stereocenters. The van der Waals surface area contributed by atoms with Gasteiger partial charge in [-0.1, -0.05) is 15.9 Å². The van der Waals surface area contributed by atoms with E-state index in [1.165, 1.54) is 0 Å². The average Bonchev–Trinajstić information content (AvgIpc) is 3.00. The Bertz CT molecular complexity index is 917. The first kappa shape index (κ1) is 22.5. The van der Waals surface area contributed by atoms with Crippen LogP contribution >= 0.6 is 27.5 Å². The first-order valence-electron chi connectivity index (χ1n) is 8.01. The number of carbonyl (C=O) groups excluding carboxylic acids is 2. The van der Waals surface area contributed by atoms with E-state index in [9.17, 15) is 23.2 Å². The quantitative estimate of drug-likeness (QED) is 0.396. The van der Waals surface area contributed by atoms with Crippen LogP contribution in [0.1, 0.15) is 28.8 Å². The number of carboxylic acid groups (broad SMARTS) is 1.